The lowest BCUT2D eigenvalue weighted by Crippen LogP contribution is -3.14. The molecule has 0 radical (unpaired) electrons. The average Bonchev–Trinajstić information content (AvgIpc) is 2.80. The second-order valence-electron chi connectivity index (χ2n) is 8.59. The average molecular weight is 429 g/mol. The quantitative estimate of drug-likeness (QED) is 0.604. The number of hydrogen-bond donors (Lipinski definition) is 2. The Morgan fingerprint density at radius 3 is 2.90 bits per heavy atom. The summed E-state index contributed by atoms with van der Waals surface area (Å²) in [6.45, 7) is 7.85. The Hall–Kier alpha value is -2.72. The molecule has 0 saturated carbocycles. The predicted octanol–water partition coefficient (Wildman–Crippen LogP) is -1.01. The monoisotopic (exact) mass is 428 g/mol. The van der Waals surface area contributed by atoms with Crippen LogP contribution in [0.3, 0.4) is 0 Å². The molecule has 5 heterocycles. The molecule has 3 aliphatic heterocycles. The number of morpholine rings is 1. The van der Waals surface area contributed by atoms with Crippen LogP contribution in [-0.4, -0.2) is 79.1 Å². The number of pyridine rings is 1. The van der Waals surface area contributed by atoms with Gasteiger partial charge in [-0.25, -0.2) is 0 Å². The number of nitrogens with one attached hydrogen (secondary N) is 2. The number of fused-ring (bicyclic) bond motifs is 4. The molecule has 31 heavy (non-hydrogen) atoms. The highest BCUT2D eigenvalue weighted by molar-refractivity contribution is 5.40. The lowest BCUT2D eigenvalue weighted by molar-refractivity contribution is -0.906. The van der Waals surface area contributed by atoms with E-state index in [1.165, 1.54) is 4.90 Å². The highest BCUT2D eigenvalue weighted by Crippen LogP contribution is 2.36. The highest BCUT2D eigenvalue weighted by Gasteiger charge is 2.35. The first-order chi connectivity index (χ1) is 15.2. The molecule has 2 aromatic rings. The fraction of sp³-hybridized carbons (Fsp3) is 0.619. The summed E-state index contributed by atoms with van der Waals surface area (Å²) >= 11 is 0. The second kappa shape index (κ2) is 8.80. The van der Waals surface area contributed by atoms with E-state index in [1.807, 2.05) is 10.6 Å². The SMILES string of the molecule is COc1nc(NCC[NH+]2CCOCC2)nc(N2C[C@H]3C[C@@H](C2)c2cccc(=O)n2C3)n1. The Labute approximate surface area is 181 Å². The Bertz CT molecular complexity index is 976. The molecule has 5 rings (SSSR count). The van der Waals surface area contributed by atoms with E-state index in [4.69, 9.17) is 14.5 Å². The molecule has 0 amide bonds. The molecule has 166 valence electrons. The molecule has 3 aliphatic rings. The Kier molecular flexibility index (Phi) is 5.73. The fourth-order valence-electron chi connectivity index (χ4n) is 4.98. The van der Waals surface area contributed by atoms with Crippen LogP contribution in [0.4, 0.5) is 11.9 Å². The number of aromatic nitrogens is 4. The van der Waals surface area contributed by atoms with Crippen LogP contribution in [0.2, 0.25) is 0 Å². The Morgan fingerprint density at radius 2 is 2.06 bits per heavy atom. The van der Waals surface area contributed by atoms with E-state index >= 15 is 0 Å². The molecule has 2 bridgehead atoms. The van der Waals surface area contributed by atoms with Crippen LogP contribution in [0, 0.1) is 5.92 Å². The van der Waals surface area contributed by atoms with Crippen molar-refractivity contribution < 1.29 is 14.4 Å². The van der Waals surface area contributed by atoms with E-state index in [-0.39, 0.29) is 5.56 Å². The lowest BCUT2D eigenvalue weighted by Gasteiger charge is -2.42. The third kappa shape index (κ3) is 4.35. The van der Waals surface area contributed by atoms with Gasteiger partial charge >= 0.3 is 6.01 Å². The first-order valence-electron chi connectivity index (χ1n) is 11.1. The summed E-state index contributed by atoms with van der Waals surface area (Å²) in [6.07, 6.45) is 1.09. The minimum Gasteiger partial charge on any atom is -0.467 e. The number of piperidine rings is 1. The van der Waals surface area contributed by atoms with Crippen LogP contribution in [0.5, 0.6) is 6.01 Å². The fourth-order valence-corrected chi connectivity index (χ4v) is 4.98. The van der Waals surface area contributed by atoms with Crippen molar-refractivity contribution in [3.8, 4) is 6.01 Å². The van der Waals surface area contributed by atoms with Gasteiger partial charge in [-0.05, 0) is 18.4 Å². The van der Waals surface area contributed by atoms with Gasteiger partial charge in [-0.1, -0.05) is 6.07 Å². The van der Waals surface area contributed by atoms with Crippen molar-refractivity contribution in [1.82, 2.24) is 19.5 Å². The Morgan fingerprint density at radius 1 is 1.19 bits per heavy atom. The van der Waals surface area contributed by atoms with Crippen molar-refractivity contribution in [3.63, 3.8) is 0 Å². The molecule has 2 aromatic heterocycles. The molecule has 10 nitrogen and oxygen atoms in total. The van der Waals surface area contributed by atoms with Crippen molar-refractivity contribution >= 4 is 11.9 Å². The molecule has 0 unspecified atom stereocenters. The minimum absolute atomic E-state index is 0.0939. The molecule has 2 N–H and O–H groups in total. The van der Waals surface area contributed by atoms with E-state index in [0.717, 1.165) is 71.1 Å². The maximum atomic E-state index is 12.3. The first-order valence-corrected chi connectivity index (χ1v) is 11.1. The largest absolute Gasteiger partial charge is 0.467 e. The van der Waals surface area contributed by atoms with Crippen LogP contribution in [0.15, 0.2) is 23.0 Å². The summed E-state index contributed by atoms with van der Waals surface area (Å²) in [5, 5.41) is 3.34. The maximum Gasteiger partial charge on any atom is 0.322 e. The van der Waals surface area contributed by atoms with Gasteiger partial charge < -0.3 is 29.2 Å². The maximum absolute atomic E-state index is 12.3. The van der Waals surface area contributed by atoms with Gasteiger partial charge in [0, 0.05) is 37.3 Å². The van der Waals surface area contributed by atoms with Crippen LogP contribution in [0.1, 0.15) is 18.0 Å². The van der Waals surface area contributed by atoms with Crippen LogP contribution in [-0.2, 0) is 11.3 Å². The van der Waals surface area contributed by atoms with Gasteiger partial charge in [0.05, 0.1) is 33.4 Å². The minimum atomic E-state index is 0.0939. The highest BCUT2D eigenvalue weighted by atomic mass is 16.5. The molecule has 10 heteroatoms. The van der Waals surface area contributed by atoms with E-state index < -0.39 is 0 Å². The summed E-state index contributed by atoms with van der Waals surface area (Å²) in [5.41, 5.74) is 1.21. The summed E-state index contributed by atoms with van der Waals surface area (Å²) in [6, 6.07) is 5.90. The molecular weight excluding hydrogens is 398 g/mol. The van der Waals surface area contributed by atoms with Gasteiger partial charge in [-0.2, -0.15) is 15.0 Å². The third-order valence-corrected chi connectivity index (χ3v) is 6.51. The van der Waals surface area contributed by atoms with Crippen molar-refractivity contribution in [3.05, 3.63) is 34.2 Å². The summed E-state index contributed by atoms with van der Waals surface area (Å²) in [4.78, 5) is 29.6. The normalized spacial score (nSPS) is 23.3. The molecule has 2 atom stereocenters. The standard InChI is InChI=1S/C21H29N7O3/c1-30-21-24-19(22-5-6-26-7-9-31-10-8-26)23-20(25-21)27-12-15-11-16(14-27)17-3-2-4-18(29)28(17)13-15/h2-4,15-16H,5-14H2,1H3,(H,22,23,24,25)/p+1/t15-,16+/m1/s1. The number of ether oxygens (including phenoxy) is 2. The molecular formula is C21H30N7O3+. The molecule has 2 saturated heterocycles. The zero-order valence-corrected chi connectivity index (χ0v) is 17.9. The number of hydrogen-bond acceptors (Lipinski definition) is 8. The van der Waals surface area contributed by atoms with E-state index in [2.05, 4.69) is 26.3 Å². The summed E-state index contributed by atoms with van der Waals surface area (Å²) in [7, 11) is 1.58. The zero-order valence-electron chi connectivity index (χ0n) is 17.9. The predicted molar refractivity (Wildman–Crippen MR) is 115 cm³/mol. The van der Waals surface area contributed by atoms with Crippen molar-refractivity contribution in [2.75, 3.05) is 69.8 Å². The molecule has 2 fully saturated rings. The summed E-state index contributed by atoms with van der Waals surface area (Å²) < 4.78 is 12.7. The molecule has 0 spiro atoms. The number of nitrogens with zero attached hydrogens (tertiary/aromatic N) is 5. The third-order valence-electron chi connectivity index (χ3n) is 6.51. The van der Waals surface area contributed by atoms with Gasteiger partial charge in [0.15, 0.2) is 0 Å². The van der Waals surface area contributed by atoms with Crippen LogP contribution < -0.4 is 25.4 Å². The Balaban J connectivity index is 1.31. The number of anilines is 2. The zero-order chi connectivity index (χ0) is 21.2. The molecule has 0 aromatic carbocycles. The second-order valence-corrected chi connectivity index (χ2v) is 8.59. The number of quaternary nitrogens is 1. The summed E-state index contributed by atoms with van der Waals surface area (Å²) in [5.74, 6) is 1.87. The lowest BCUT2D eigenvalue weighted by atomic mass is 9.83. The van der Waals surface area contributed by atoms with Gasteiger partial charge in [0.1, 0.15) is 13.1 Å². The number of methoxy groups -OCH3 is 1. The topological polar surface area (TPSA) is 98.8 Å². The van der Waals surface area contributed by atoms with Crippen molar-refractivity contribution in [2.45, 2.75) is 18.9 Å². The van der Waals surface area contributed by atoms with Gasteiger partial charge in [0.2, 0.25) is 11.9 Å². The van der Waals surface area contributed by atoms with Crippen LogP contribution in [0.25, 0.3) is 0 Å². The van der Waals surface area contributed by atoms with Gasteiger partial charge in [-0.15, -0.1) is 0 Å². The van der Waals surface area contributed by atoms with Crippen molar-refractivity contribution in [1.29, 1.82) is 0 Å². The first kappa shape index (κ1) is 20.2. The van der Waals surface area contributed by atoms with Crippen molar-refractivity contribution in [2.24, 2.45) is 5.92 Å². The molecule has 0 aliphatic carbocycles. The van der Waals surface area contributed by atoms with Gasteiger partial charge in [-0.3, -0.25) is 4.79 Å². The van der Waals surface area contributed by atoms with Gasteiger partial charge in [0.25, 0.3) is 5.56 Å². The van der Waals surface area contributed by atoms with E-state index in [0.29, 0.717) is 29.7 Å². The number of rotatable bonds is 6. The van der Waals surface area contributed by atoms with Crippen LogP contribution >= 0.6 is 0 Å². The van der Waals surface area contributed by atoms with E-state index in [1.54, 1.807) is 13.2 Å². The van der Waals surface area contributed by atoms with E-state index in [9.17, 15) is 4.79 Å². The smallest absolute Gasteiger partial charge is 0.322 e.